The van der Waals surface area contributed by atoms with Crippen LogP contribution in [-0.4, -0.2) is 18.5 Å². The van der Waals surface area contributed by atoms with Crippen molar-refractivity contribution < 1.29 is 0 Å². The summed E-state index contributed by atoms with van der Waals surface area (Å²) >= 11 is 0. The molecule has 0 radical (unpaired) electrons. The average molecular weight is 221 g/mol. The summed E-state index contributed by atoms with van der Waals surface area (Å²) in [6, 6.07) is 6.62. The molecule has 0 saturated carbocycles. The molecule has 1 aliphatic rings. The summed E-state index contributed by atoms with van der Waals surface area (Å²) in [5.41, 5.74) is 4.56. The Morgan fingerprint density at radius 3 is 2.31 bits per heavy atom. The Morgan fingerprint density at radius 2 is 1.69 bits per heavy atom. The summed E-state index contributed by atoms with van der Waals surface area (Å²) in [7, 11) is 2.19. The molecule has 0 saturated heterocycles. The van der Waals surface area contributed by atoms with Gasteiger partial charge in [0.05, 0.1) is 0 Å². The molecule has 0 aliphatic carbocycles. The van der Waals surface area contributed by atoms with Crippen LogP contribution in [0.3, 0.4) is 0 Å². The first-order valence-electron chi connectivity index (χ1n) is 6.53. The molecular formula is C15H27N. The molecule has 1 heterocycles. The van der Waals surface area contributed by atoms with E-state index in [-0.39, 0.29) is 0 Å². The van der Waals surface area contributed by atoms with E-state index in [2.05, 4.69) is 37.1 Å². The Kier molecular flexibility index (Phi) is 7.92. The van der Waals surface area contributed by atoms with Gasteiger partial charge in [-0.05, 0) is 37.1 Å². The molecule has 0 bridgehead atoms. The normalized spacial score (nSPS) is 13.9. The lowest BCUT2D eigenvalue weighted by Crippen LogP contribution is -2.26. The Morgan fingerprint density at radius 1 is 1.06 bits per heavy atom. The third kappa shape index (κ3) is 3.97. The van der Waals surface area contributed by atoms with Crippen LogP contribution in [0.15, 0.2) is 18.2 Å². The molecule has 0 amide bonds. The molecule has 16 heavy (non-hydrogen) atoms. The highest BCUT2D eigenvalue weighted by Gasteiger charge is 2.13. The van der Waals surface area contributed by atoms with E-state index in [0.717, 1.165) is 6.54 Å². The number of likely N-dealkylation sites (N-methyl/N-ethyl adjacent to an activating group) is 1. The van der Waals surface area contributed by atoms with Gasteiger partial charge in [0.25, 0.3) is 0 Å². The number of benzene rings is 1. The van der Waals surface area contributed by atoms with E-state index >= 15 is 0 Å². The standard InChI is InChI=1S/C11H15N.2C2H6/c1-9-4-3-5-10-8-12(2)7-6-11(9)10;2*1-2/h3-5H,6-8H2,1-2H3;2*1-2H3. The maximum Gasteiger partial charge on any atom is 0.0233 e. The predicted octanol–water partition coefficient (Wildman–Crippen LogP) is 4.04. The lowest BCUT2D eigenvalue weighted by Gasteiger charge is -2.25. The first kappa shape index (κ1) is 15.2. The highest BCUT2D eigenvalue weighted by molar-refractivity contribution is 5.35. The van der Waals surface area contributed by atoms with Gasteiger partial charge in [-0.3, -0.25) is 0 Å². The summed E-state index contributed by atoms with van der Waals surface area (Å²) in [6.07, 6.45) is 1.22. The summed E-state index contributed by atoms with van der Waals surface area (Å²) in [6.45, 7) is 12.5. The smallest absolute Gasteiger partial charge is 0.0233 e. The van der Waals surface area contributed by atoms with Crippen molar-refractivity contribution in [2.24, 2.45) is 0 Å². The average Bonchev–Trinajstić information content (AvgIpc) is 2.34. The minimum Gasteiger partial charge on any atom is -0.302 e. The van der Waals surface area contributed by atoms with Crippen LogP contribution in [0.1, 0.15) is 44.4 Å². The summed E-state index contributed by atoms with van der Waals surface area (Å²) < 4.78 is 0. The van der Waals surface area contributed by atoms with Gasteiger partial charge in [0, 0.05) is 13.1 Å². The van der Waals surface area contributed by atoms with Gasteiger partial charge in [-0.25, -0.2) is 0 Å². The van der Waals surface area contributed by atoms with Crippen molar-refractivity contribution >= 4 is 0 Å². The van der Waals surface area contributed by atoms with Gasteiger partial charge < -0.3 is 4.90 Å². The Bertz CT molecular complexity index is 291. The Labute approximate surface area is 101 Å². The van der Waals surface area contributed by atoms with Crippen LogP contribution in [0.25, 0.3) is 0 Å². The molecule has 0 atom stereocenters. The van der Waals surface area contributed by atoms with Gasteiger partial charge in [-0.1, -0.05) is 45.9 Å². The minimum absolute atomic E-state index is 1.12. The molecule has 0 unspecified atom stereocenters. The van der Waals surface area contributed by atoms with Crippen molar-refractivity contribution in [2.75, 3.05) is 13.6 Å². The van der Waals surface area contributed by atoms with E-state index < -0.39 is 0 Å². The zero-order valence-corrected chi connectivity index (χ0v) is 11.8. The van der Waals surface area contributed by atoms with E-state index in [9.17, 15) is 0 Å². The molecule has 0 N–H and O–H groups in total. The largest absolute Gasteiger partial charge is 0.302 e. The topological polar surface area (TPSA) is 3.24 Å². The number of hydrogen-bond donors (Lipinski definition) is 0. The van der Waals surface area contributed by atoms with Crippen molar-refractivity contribution in [3.63, 3.8) is 0 Å². The van der Waals surface area contributed by atoms with Gasteiger partial charge in [-0.15, -0.1) is 0 Å². The van der Waals surface area contributed by atoms with E-state index in [1.54, 1.807) is 5.56 Å². The van der Waals surface area contributed by atoms with Crippen molar-refractivity contribution in [3.8, 4) is 0 Å². The van der Waals surface area contributed by atoms with Crippen LogP contribution in [0.2, 0.25) is 0 Å². The van der Waals surface area contributed by atoms with Crippen molar-refractivity contribution in [2.45, 2.75) is 47.6 Å². The lowest BCUT2D eigenvalue weighted by molar-refractivity contribution is 0.312. The zero-order chi connectivity index (χ0) is 12.6. The monoisotopic (exact) mass is 221 g/mol. The Balaban J connectivity index is 0.000000509. The molecule has 1 aromatic rings. The lowest BCUT2D eigenvalue weighted by atomic mass is 9.96. The highest BCUT2D eigenvalue weighted by atomic mass is 15.1. The summed E-state index contributed by atoms with van der Waals surface area (Å²) in [5.74, 6) is 0. The van der Waals surface area contributed by atoms with Crippen LogP contribution in [0, 0.1) is 6.92 Å². The molecule has 1 nitrogen and oxygen atoms in total. The van der Waals surface area contributed by atoms with Gasteiger partial charge in [0.15, 0.2) is 0 Å². The fourth-order valence-corrected chi connectivity index (χ4v) is 1.94. The third-order valence-corrected chi connectivity index (χ3v) is 2.69. The van der Waals surface area contributed by atoms with Crippen LogP contribution in [0.5, 0.6) is 0 Å². The fourth-order valence-electron chi connectivity index (χ4n) is 1.94. The number of aryl methyl sites for hydroxylation is 1. The molecule has 92 valence electrons. The third-order valence-electron chi connectivity index (χ3n) is 2.69. The first-order valence-corrected chi connectivity index (χ1v) is 6.53. The molecule has 1 aromatic carbocycles. The number of hydrogen-bond acceptors (Lipinski definition) is 1. The highest BCUT2D eigenvalue weighted by Crippen LogP contribution is 2.20. The van der Waals surface area contributed by atoms with E-state index in [1.165, 1.54) is 24.1 Å². The van der Waals surface area contributed by atoms with Crippen LogP contribution in [-0.2, 0) is 13.0 Å². The van der Waals surface area contributed by atoms with Crippen molar-refractivity contribution in [1.29, 1.82) is 0 Å². The second kappa shape index (κ2) is 8.35. The zero-order valence-electron chi connectivity index (χ0n) is 11.8. The predicted molar refractivity (Wildman–Crippen MR) is 73.9 cm³/mol. The van der Waals surface area contributed by atoms with Gasteiger partial charge in [0.1, 0.15) is 0 Å². The number of rotatable bonds is 0. The second-order valence-electron chi connectivity index (χ2n) is 3.70. The fraction of sp³-hybridized carbons (Fsp3) is 0.600. The van der Waals surface area contributed by atoms with Gasteiger partial charge >= 0.3 is 0 Å². The van der Waals surface area contributed by atoms with Gasteiger partial charge in [0.2, 0.25) is 0 Å². The van der Waals surface area contributed by atoms with E-state index in [0.29, 0.717) is 0 Å². The van der Waals surface area contributed by atoms with Crippen LogP contribution >= 0.6 is 0 Å². The Hall–Kier alpha value is -0.820. The molecule has 2 rings (SSSR count). The summed E-state index contributed by atoms with van der Waals surface area (Å²) in [4.78, 5) is 2.38. The molecular weight excluding hydrogens is 194 g/mol. The van der Waals surface area contributed by atoms with E-state index in [1.807, 2.05) is 27.7 Å². The van der Waals surface area contributed by atoms with Crippen molar-refractivity contribution in [3.05, 3.63) is 34.9 Å². The first-order chi connectivity index (χ1) is 7.77. The summed E-state index contributed by atoms with van der Waals surface area (Å²) in [5, 5.41) is 0. The molecule has 1 heteroatoms. The van der Waals surface area contributed by atoms with Gasteiger partial charge in [-0.2, -0.15) is 0 Å². The molecule has 0 spiro atoms. The number of fused-ring (bicyclic) bond motifs is 1. The quantitative estimate of drug-likeness (QED) is 0.639. The maximum absolute atomic E-state index is 2.38. The molecule has 0 aromatic heterocycles. The molecule has 0 fully saturated rings. The van der Waals surface area contributed by atoms with Crippen LogP contribution < -0.4 is 0 Å². The second-order valence-corrected chi connectivity index (χ2v) is 3.70. The molecule has 1 aliphatic heterocycles. The van der Waals surface area contributed by atoms with Crippen LogP contribution in [0.4, 0.5) is 0 Å². The minimum atomic E-state index is 1.12. The maximum atomic E-state index is 2.38. The number of nitrogens with zero attached hydrogens (tertiary/aromatic N) is 1. The van der Waals surface area contributed by atoms with E-state index in [4.69, 9.17) is 0 Å². The van der Waals surface area contributed by atoms with Crippen molar-refractivity contribution in [1.82, 2.24) is 4.90 Å². The SMILES string of the molecule is CC.CC.Cc1cccc2c1CCN(C)C2.